The third kappa shape index (κ3) is 2.76. The summed E-state index contributed by atoms with van der Waals surface area (Å²) in [7, 11) is 1.58. The molecular weight excluding hydrogens is 344 g/mol. The molecule has 0 N–H and O–H groups in total. The average molecular weight is 356 g/mol. The summed E-state index contributed by atoms with van der Waals surface area (Å²) in [6.45, 7) is 0. The van der Waals surface area contributed by atoms with E-state index in [-0.39, 0.29) is 5.63 Å². The molecule has 0 amide bonds. The van der Waals surface area contributed by atoms with Crippen molar-refractivity contribution in [3.05, 3.63) is 58.0 Å². The molecule has 0 radical (unpaired) electrons. The van der Waals surface area contributed by atoms with Crippen molar-refractivity contribution in [2.24, 2.45) is 0 Å². The maximum Gasteiger partial charge on any atom is 0.336 e. The fourth-order valence-electron chi connectivity index (χ4n) is 2.47. The van der Waals surface area contributed by atoms with Crippen LogP contribution in [-0.2, 0) is 5.75 Å². The van der Waals surface area contributed by atoms with Gasteiger partial charge in [0.15, 0.2) is 0 Å². The minimum absolute atomic E-state index is 0.365. The Morgan fingerprint density at radius 3 is 3.04 bits per heavy atom. The van der Waals surface area contributed by atoms with Crippen molar-refractivity contribution in [3.8, 4) is 5.75 Å². The molecule has 7 heteroatoms. The van der Waals surface area contributed by atoms with Crippen molar-refractivity contribution in [1.82, 2.24) is 9.97 Å². The van der Waals surface area contributed by atoms with Crippen LogP contribution in [0.1, 0.15) is 5.56 Å². The number of ether oxygens (including phenoxy) is 1. The Balaban J connectivity index is 1.72. The summed E-state index contributed by atoms with van der Waals surface area (Å²) in [6, 6.07) is 9.01. The van der Waals surface area contributed by atoms with E-state index in [9.17, 15) is 4.79 Å². The van der Waals surface area contributed by atoms with Gasteiger partial charge in [0.05, 0.1) is 17.3 Å². The van der Waals surface area contributed by atoms with Gasteiger partial charge >= 0.3 is 5.63 Å². The van der Waals surface area contributed by atoms with Gasteiger partial charge in [-0.2, -0.15) is 0 Å². The number of methoxy groups -OCH3 is 1. The second-order valence-corrected chi connectivity index (χ2v) is 6.94. The van der Waals surface area contributed by atoms with Gasteiger partial charge in [0.25, 0.3) is 0 Å². The molecule has 3 aromatic heterocycles. The van der Waals surface area contributed by atoms with E-state index in [1.54, 1.807) is 42.6 Å². The van der Waals surface area contributed by atoms with E-state index >= 15 is 0 Å². The van der Waals surface area contributed by atoms with E-state index in [0.29, 0.717) is 17.1 Å². The number of aromatic nitrogens is 2. The Hall–Kier alpha value is -2.38. The molecule has 24 heavy (non-hydrogen) atoms. The van der Waals surface area contributed by atoms with E-state index in [1.807, 2.05) is 23.6 Å². The highest BCUT2D eigenvalue weighted by atomic mass is 32.2. The van der Waals surface area contributed by atoms with Crippen LogP contribution in [0, 0.1) is 0 Å². The Bertz CT molecular complexity index is 1090. The largest absolute Gasteiger partial charge is 0.497 e. The lowest BCUT2D eigenvalue weighted by Crippen LogP contribution is -2.00. The molecule has 0 saturated heterocycles. The van der Waals surface area contributed by atoms with E-state index in [4.69, 9.17) is 9.15 Å². The maximum absolute atomic E-state index is 11.8. The van der Waals surface area contributed by atoms with Crippen LogP contribution < -0.4 is 10.4 Å². The molecule has 0 bridgehead atoms. The number of thioether (sulfide) groups is 1. The smallest absolute Gasteiger partial charge is 0.336 e. The summed E-state index contributed by atoms with van der Waals surface area (Å²) in [5.74, 6) is 1.28. The molecule has 0 spiro atoms. The number of benzene rings is 1. The predicted molar refractivity (Wildman–Crippen MR) is 96.0 cm³/mol. The highest BCUT2D eigenvalue weighted by molar-refractivity contribution is 7.98. The molecule has 0 aliphatic carbocycles. The van der Waals surface area contributed by atoms with Gasteiger partial charge < -0.3 is 9.15 Å². The summed E-state index contributed by atoms with van der Waals surface area (Å²) < 4.78 is 11.5. The van der Waals surface area contributed by atoms with Crippen LogP contribution in [0.2, 0.25) is 0 Å². The molecule has 0 aliphatic heterocycles. The molecule has 0 aliphatic rings. The fourth-order valence-corrected chi connectivity index (χ4v) is 4.41. The van der Waals surface area contributed by atoms with Gasteiger partial charge in [-0.15, -0.1) is 23.1 Å². The van der Waals surface area contributed by atoms with Gasteiger partial charge in [-0.1, -0.05) is 0 Å². The van der Waals surface area contributed by atoms with Crippen LogP contribution in [-0.4, -0.2) is 17.1 Å². The summed E-state index contributed by atoms with van der Waals surface area (Å²) in [6.07, 6.45) is 1.57. The topological polar surface area (TPSA) is 65.2 Å². The molecule has 0 fully saturated rings. The zero-order valence-electron chi connectivity index (χ0n) is 12.7. The first kappa shape index (κ1) is 15.2. The second-order valence-electron chi connectivity index (χ2n) is 5.06. The predicted octanol–water partition coefficient (Wildman–Crippen LogP) is 4.10. The minimum atomic E-state index is -0.365. The molecule has 5 nitrogen and oxygen atoms in total. The number of hydrogen-bond donors (Lipinski definition) is 0. The Morgan fingerprint density at radius 2 is 2.17 bits per heavy atom. The van der Waals surface area contributed by atoms with Gasteiger partial charge in [0.1, 0.15) is 22.7 Å². The van der Waals surface area contributed by atoms with Crippen LogP contribution >= 0.6 is 23.1 Å². The van der Waals surface area contributed by atoms with Crippen molar-refractivity contribution in [2.45, 2.75) is 10.8 Å². The zero-order chi connectivity index (χ0) is 16.5. The van der Waals surface area contributed by atoms with Gasteiger partial charge in [-0.05, 0) is 29.1 Å². The fraction of sp³-hybridized carbons (Fsp3) is 0.118. The third-order valence-corrected chi connectivity index (χ3v) is 5.69. The summed E-state index contributed by atoms with van der Waals surface area (Å²) in [5, 5.41) is 3.83. The van der Waals surface area contributed by atoms with Gasteiger partial charge in [0.2, 0.25) is 0 Å². The number of rotatable bonds is 4. The monoisotopic (exact) mass is 356 g/mol. The Morgan fingerprint density at radius 1 is 1.25 bits per heavy atom. The van der Waals surface area contributed by atoms with E-state index in [0.717, 1.165) is 26.2 Å². The number of thiophene rings is 1. The van der Waals surface area contributed by atoms with Crippen LogP contribution in [0.4, 0.5) is 0 Å². The van der Waals surface area contributed by atoms with Crippen molar-refractivity contribution in [3.63, 3.8) is 0 Å². The molecule has 0 unspecified atom stereocenters. The van der Waals surface area contributed by atoms with E-state index in [2.05, 4.69) is 9.97 Å². The lowest BCUT2D eigenvalue weighted by atomic mass is 10.1. The molecule has 1 aromatic carbocycles. The summed E-state index contributed by atoms with van der Waals surface area (Å²) in [4.78, 5) is 20.5. The zero-order valence-corrected chi connectivity index (χ0v) is 14.3. The lowest BCUT2D eigenvalue weighted by molar-refractivity contribution is 0.414. The first-order valence-electron chi connectivity index (χ1n) is 7.16. The highest BCUT2D eigenvalue weighted by Gasteiger charge is 2.10. The lowest BCUT2D eigenvalue weighted by Gasteiger charge is -2.07. The molecule has 0 saturated carbocycles. The first-order valence-corrected chi connectivity index (χ1v) is 9.03. The van der Waals surface area contributed by atoms with Crippen LogP contribution in [0.5, 0.6) is 5.75 Å². The summed E-state index contributed by atoms with van der Waals surface area (Å²) in [5.41, 5.74) is 2.02. The average Bonchev–Trinajstić information content (AvgIpc) is 3.08. The van der Waals surface area contributed by atoms with Crippen LogP contribution in [0.15, 0.2) is 56.3 Å². The van der Waals surface area contributed by atoms with Gasteiger partial charge in [-0.25, -0.2) is 14.8 Å². The Labute approximate surface area is 145 Å². The maximum atomic E-state index is 11.8. The van der Waals surface area contributed by atoms with Crippen LogP contribution in [0.25, 0.3) is 21.2 Å². The Kier molecular flexibility index (Phi) is 3.95. The van der Waals surface area contributed by atoms with Gasteiger partial charge in [-0.3, -0.25) is 0 Å². The number of nitrogens with zero attached hydrogens (tertiary/aromatic N) is 2. The quantitative estimate of drug-likeness (QED) is 0.312. The standard InChI is InChI=1S/C17H12N2O3S2/c1-21-11-2-3-12-10(6-15(20)22-14(12)7-11)8-24-17-16-13(4-5-23-16)18-9-19-17/h2-7,9H,8H2,1H3. The molecule has 3 heterocycles. The SMILES string of the molecule is COc1ccc2c(CSc3ncnc4ccsc34)cc(=O)oc2c1. The van der Waals surface area contributed by atoms with E-state index in [1.165, 1.54) is 6.07 Å². The molecule has 0 atom stereocenters. The number of fused-ring (bicyclic) bond motifs is 2. The van der Waals surface area contributed by atoms with Gasteiger partial charge in [0, 0.05) is 23.3 Å². The first-order chi connectivity index (χ1) is 11.7. The number of hydrogen-bond acceptors (Lipinski definition) is 7. The molecule has 4 aromatic rings. The highest BCUT2D eigenvalue weighted by Crippen LogP contribution is 2.32. The molecule has 4 rings (SSSR count). The van der Waals surface area contributed by atoms with Crippen LogP contribution in [0.3, 0.4) is 0 Å². The van der Waals surface area contributed by atoms with Crippen molar-refractivity contribution < 1.29 is 9.15 Å². The molecule has 120 valence electrons. The molecular formula is C17H12N2O3S2. The third-order valence-electron chi connectivity index (χ3n) is 3.61. The normalized spacial score (nSPS) is 11.2. The summed E-state index contributed by atoms with van der Waals surface area (Å²) >= 11 is 3.21. The van der Waals surface area contributed by atoms with Crippen molar-refractivity contribution in [1.29, 1.82) is 0 Å². The second kappa shape index (κ2) is 6.26. The minimum Gasteiger partial charge on any atom is -0.497 e. The van der Waals surface area contributed by atoms with Crippen molar-refractivity contribution >= 4 is 44.3 Å². The van der Waals surface area contributed by atoms with E-state index < -0.39 is 0 Å². The van der Waals surface area contributed by atoms with Crippen molar-refractivity contribution in [2.75, 3.05) is 7.11 Å².